The second-order valence-corrected chi connectivity index (χ2v) is 8.62. The third-order valence-electron chi connectivity index (χ3n) is 5.23. The number of methoxy groups -OCH3 is 1. The van der Waals surface area contributed by atoms with Gasteiger partial charge in [-0.2, -0.15) is 0 Å². The fraction of sp³-hybridized carbons (Fsp3) is 0.929. The Morgan fingerprint density at radius 1 is 1.45 bits per heavy atom. The Kier molecular flexibility index (Phi) is 5.16. The summed E-state index contributed by atoms with van der Waals surface area (Å²) in [6, 6.07) is 0.349. The lowest BCUT2D eigenvalue weighted by molar-refractivity contribution is -0.133. The SMILES string of the molecule is COC(CN1[C@@H]2CCC[C@@]1(C(N)=O)CC2)CN(C)S(C)(=O)=O. The van der Waals surface area contributed by atoms with Crippen LogP contribution in [0.3, 0.4) is 0 Å². The summed E-state index contributed by atoms with van der Waals surface area (Å²) in [6.45, 7) is 0.803. The third-order valence-corrected chi connectivity index (χ3v) is 6.51. The molecule has 0 spiro atoms. The number of piperidine rings is 1. The molecule has 8 heteroatoms. The first-order valence-electron chi connectivity index (χ1n) is 7.71. The smallest absolute Gasteiger partial charge is 0.237 e. The maximum absolute atomic E-state index is 12.0. The predicted octanol–water partition coefficient (Wildman–Crippen LogP) is -0.235. The quantitative estimate of drug-likeness (QED) is 0.694. The van der Waals surface area contributed by atoms with Crippen LogP contribution >= 0.6 is 0 Å². The number of sulfonamides is 1. The van der Waals surface area contributed by atoms with Crippen LogP contribution in [-0.2, 0) is 19.6 Å². The molecule has 1 amide bonds. The molecule has 0 aliphatic carbocycles. The summed E-state index contributed by atoms with van der Waals surface area (Å²) in [5.41, 5.74) is 5.12. The molecule has 0 radical (unpaired) electrons. The minimum Gasteiger partial charge on any atom is -0.379 e. The van der Waals surface area contributed by atoms with Crippen molar-refractivity contribution in [1.29, 1.82) is 0 Å². The molecule has 2 aliphatic rings. The first-order valence-corrected chi connectivity index (χ1v) is 9.56. The van der Waals surface area contributed by atoms with Gasteiger partial charge >= 0.3 is 0 Å². The standard InChI is InChI=1S/C14H27N3O4S/c1-16(22(3,19)20)9-12(21-2)10-17-11-5-4-7-14(17,8-6-11)13(15)18/h11-12H,4-10H2,1-3H3,(H2,15,18)/t11-,12?,14+/m1/s1. The largest absolute Gasteiger partial charge is 0.379 e. The zero-order valence-corrected chi connectivity index (χ0v) is 14.4. The van der Waals surface area contributed by atoms with Crippen molar-refractivity contribution in [2.45, 2.75) is 49.8 Å². The Bertz CT molecular complexity index is 520. The molecule has 2 N–H and O–H groups in total. The Morgan fingerprint density at radius 3 is 2.68 bits per heavy atom. The first kappa shape index (κ1) is 17.7. The highest BCUT2D eigenvalue weighted by atomic mass is 32.2. The van der Waals surface area contributed by atoms with E-state index in [4.69, 9.17) is 10.5 Å². The maximum Gasteiger partial charge on any atom is 0.237 e. The van der Waals surface area contributed by atoms with E-state index in [1.54, 1.807) is 7.11 Å². The van der Waals surface area contributed by atoms with Crippen LogP contribution in [0.4, 0.5) is 0 Å². The number of fused-ring (bicyclic) bond motifs is 2. The molecule has 0 aromatic carbocycles. The number of nitrogens with two attached hydrogens (primary N) is 1. The Labute approximate surface area is 132 Å². The number of primary amides is 1. The summed E-state index contributed by atoms with van der Waals surface area (Å²) < 4.78 is 29.9. The molecule has 3 atom stereocenters. The molecule has 2 aliphatic heterocycles. The summed E-state index contributed by atoms with van der Waals surface area (Å²) in [5.74, 6) is -0.263. The number of hydrogen-bond acceptors (Lipinski definition) is 5. The van der Waals surface area contributed by atoms with Gasteiger partial charge in [0.25, 0.3) is 0 Å². The van der Waals surface area contributed by atoms with Gasteiger partial charge in [0, 0.05) is 33.3 Å². The summed E-state index contributed by atoms with van der Waals surface area (Å²) in [5, 5.41) is 0. The van der Waals surface area contributed by atoms with E-state index in [0.29, 0.717) is 12.6 Å². The third kappa shape index (κ3) is 3.29. The zero-order chi connectivity index (χ0) is 16.5. The van der Waals surface area contributed by atoms with Crippen molar-refractivity contribution in [2.24, 2.45) is 5.73 Å². The van der Waals surface area contributed by atoms with Crippen LogP contribution in [0.2, 0.25) is 0 Å². The van der Waals surface area contributed by atoms with E-state index in [2.05, 4.69) is 4.90 Å². The lowest BCUT2D eigenvalue weighted by Gasteiger charge is -2.44. The second kappa shape index (κ2) is 6.43. The van der Waals surface area contributed by atoms with Gasteiger partial charge in [-0.3, -0.25) is 9.69 Å². The van der Waals surface area contributed by atoms with Crippen LogP contribution in [0.25, 0.3) is 0 Å². The van der Waals surface area contributed by atoms with Gasteiger partial charge < -0.3 is 10.5 Å². The van der Waals surface area contributed by atoms with Gasteiger partial charge in [-0.25, -0.2) is 12.7 Å². The van der Waals surface area contributed by atoms with E-state index in [-0.39, 0.29) is 18.6 Å². The van der Waals surface area contributed by atoms with E-state index in [0.717, 1.165) is 32.1 Å². The Hall–Kier alpha value is -0.700. The van der Waals surface area contributed by atoms with Crippen LogP contribution in [0.15, 0.2) is 0 Å². The molecule has 1 unspecified atom stereocenters. The fourth-order valence-electron chi connectivity index (χ4n) is 3.81. The second-order valence-electron chi connectivity index (χ2n) is 6.53. The molecule has 128 valence electrons. The van der Waals surface area contributed by atoms with Crippen LogP contribution in [0, 0.1) is 0 Å². The molecule has 2 fully saturated rings. The van der Waals surface area contributed by atoms with E-state index in [1.165, 1.54) is 17.6 Å². The van der Waals surface area contributed by atoms with E-state index in [1.807, 2.05) is 0 Å². The molecular weight excluding hydrogens is 306 g/mol. The highest BCUT2D eigenvalue weighted by Crippen LogP contribution is 2.44. The van der Waals surface area contributed by atoms with Gasteiger partial charge in [-0.1, -0.05) is 0 Å². The van der Waals surface area contributed by atoms with Crippen LogP contribution in [-0.4, -0.2) is 74.7 Å². The highest BCUT2D eigenvalue weighted by Gasteiger charge is 2.53. The van der Waals surface area contributed by atoms with Gasteiger partial charge in [0.1, 0.15) is 5.54 Å². The summed E-state index contributed by atoms with van der Waals surface area (Å²) in [7, 11) is -0.138. The normalized spacial score (nSPS) is 30.6. The molecule has 22 heavy (non-hydrogen) atoms. The van der Waals surface area contributed by atoms with Gasteiger partial charge in [0.15, 0.2) is 0 Å². The number of carbonyl (C=O) groups excluding carboxylic acids is 1. The number of rotatable bonds is 7. The van der Waals surface area contributed by atoms with Crippen molar-refractivity contribution < 1.29 is 17.9 Å². The van der Waals surface area contributed by atoms with Crippen molar-refractivity contribution >= 4 is 15.9 Å². The Balaban J connectivity index is 2.11. The van der Waals surface area contributed by atoms with Crippen LogP contribution < -0.4 is 5.73 Å². The average Bonchev–Trinajstić information content (AvgIpc) is 2.64. The summed E-state index contributed by atoms with van der Waals surface area (Å²) in [4.78, 5) is 14.2. The van der Waals surface area contributed by atoms with Crippen molar-refractivity contribution in [2.75, 3.05) is 33.5 Å². The number of likely N-dealkylation sites (N-methyl/N-ethyl adjacent to an activating group) is 1. The minimum absolute atomic E-state index is 0.263. The zero-order valence-electron chi connectivity index (χ0n) is 13.6. The number of nitrogens with zero attached hydrogens (tertiary/aromatic N) is 2. The van der Waals surface area contributed by atoms with Crippen LogP contribution in [0.1, 0.15) is 32.1 Å². The molecule has 2 saturated heterocycles. The predicted molar refractivity (Wildman–Crippen MR) is 83.8 cm³/mol. The van der Waals surface area contributed by atoms with Crippen molar-refractivity contribution in [3.8, 4) is 0 Å². The van der Waals surface area contributed by atoms with Gasteiger partial charge in [0.05, 0.1) is 12.4 Å². The number of carbonyl (C=O) groups is 1. The highest BCUT2D eigenvalue weighted by molar-refractivity contribution is 7.88. The number of ether oxygens (including phenoxy) is 1. The topological polar surface area (TPSA) is 92.9 Å². The average molecular weight is 333 g/mol. The Morgan fingerprint density at radius 2 is 2.14 bits per heavy atom. The van der Waals surface area contributed by atoms with Crippen molar-refractivity contribution in [3.63, 3.8) is 0 Å². The summed E-state index contributed by atoms with van der Waals surface area (Å²) in [6.07, 6.45) is 5.54. The minimum atomic E-state index is -3.25. The number of hydrogen-bond donors (Lipinski definition) is 1. The van der Waals surface area contributed by atoms with E-state index >= 15 is 0 Å². The molecular formula is C14H27N3O4S. The van der Waals surface area contributed by atoms with Crippen LogP contribution in [0.5, 0.6) is 0 Å². The fourth-order valence-corrected chi connectivity index (χ4v) is 4.25. The molecule has 0 aromatic heterocycles. The van der Waals surface area contributed by atoms with Crippen molar-refractivity contribution in [3.05, 3.63) is 0 Å². The maximum atomic E-state index is 12.0. The molecule has 2 heterocycles. The molecule has 2 bridgehead atoms. The number of amides is 1. The van der Waals surface area contributed by atoms with E-state index in [9.17, 15) is 13.2 Å². The van der Waals surface area contributed by atoms with Gasteiger partial charge in [0.2, 0.25) is 15.9 Å². The van der Waals surface area contributed by atoms with E-state index < -0.39 is 15.6 Å². The monoisotopic (exact) mass is 333 g/mol. The lowest BCUT2D eigenvalue weighted by atomic mass is 9.87. The lowest BCUT2D eigenvalue weighted by Crippen LogP contribution is -2.60. The molecule has 0 aromatic rings. The van der Waals surface area contributed by atoms with Gasteiger partial charge in [-0.05, 0) is 32.1 Å². The molecule has 7 nitrogen and oxygen atoms in total. The summed E-state index contributed by atoms with van der Waals surface area (Å²) >= 11 is 0. The van der Waals surface area contributed by atoms with Crippen molar-refractivity contribution in [1.82, 2.24) is 9.21 Å². The van der Waals surface area contributed by atoms with Gasteiger partial charge in [-0.15, -0.1) is 0 Å². The molecule has 0 saturated carbocycles. The first-order chi connectivity index (χ1) is 10.2. The molecule has 2 rings (SSSR count).